The van der Waals surface area contributed by atoms with Crippen molar-refractivity contribution in [1.82, 2.24) is 14.8 Å². The van der Waals surface area contributed by atoms with Crippen LogP contribution in [-0.2, 0) is 21.9 Å². The Bertz CT molecular complexity index is 1560. The number of nitrogens with one attached hydrogen (secondary N) is 1. The lowest BCUT2D eigenvalue weighted by Crippen LogP contribution is -2.29. The van der Waals surface area contributed by atoms with E-state index in [-0.39, 0.29) is 0 Å². The minimum absolute atomic E-state index is 0.321. The van der Waals surface area contributed by atoms with E-state index in [0.29, 0.717) is 57.9 Å². The Hall–Kier alpha value is -3.95. The number of esters is 1. The summed E-state index contributed by atoms with van der Waals surface area (Å²) in [5.41, 5.74) is 3.93. The molecule has 1 aliphatic rings. The van der Waals surface area contributed by atoms with Crippen molar-refractivity contribution < 1.29 is 19.0 Å². The van der Waals surface area contributed by atoms with Crippen LogP contribution in [0.5, 0.6) is 11.5 Å². The second-order valence-corrected chi connectivity index (χ2v) is 10.8. The summed E-state index contributed by atoms with van der Waals surface area (Å²) in [5.74, 6) is 1.87. The molecule has 1 aliphatic heterocycles. The molecule has 0 radical (unpaired) electrons. The van der Waals surface area contributed by atoms with E-state index in [9.17, 15) is 4.79 Å². The Morgan fingerprint density at radius 3 is 2.61 bits per heavy atom. The Labute approximate surface area is 248 Å². The van der Waals surface area contributed by atoms with E-state index < -0.39 is 12.0 Å². The highest BCUT2D eigenvalue weighted by Crippen LogP contribution is 2.40. The van der Waals surface area contributed by atoms with Crippen LogP contribution in [0.4, 0.5) is 5.95 Å². The van der Waals surface area contributed by atoms with Gasteiger partial charge in [0, 0.05) is 16.5 Å². The number of aromatic nitrogens is 3. The number of ether oxygens (including phenoxy) is 3. The van der Waals surface area contributed by atoms with Gasteiger partial charge in [0.1, 0.15) is 12.6 Å². The summed E-state index contributed by atoms with van der Waals surface area (Å²) >= 11 is 7.83. The van der Waals surface area contributed by atoms with E-state index in [1.807, 2.05) is 86.6 Å². The van der Waals surface area contributed by atoms with Gasteiger partial charge in [0.2, 0.25) is 11.1 Å². The predicted molar refractivity (Wildman–Crippen MR) is 161 cm³/mol. The molecule has 8 nitrogen and oxygen atoms in total. The second-order valence-electron chi connectivity index (χ2n) is 9.43. The number of thioether (sulfide) groups is 1. The molecule has 2 heterocycles. The Morgan fingerprint density at radius 2 is 1.85 bits per heavy atom. The highest BCUT2D eigenvalue weighted by molar-refractivity contribution is 7.98. The molecule has 0 amide bonds. The van der Waals surface area contributed by atoms with Crippen molar-refractivity contribution in [2.24, 2.45) is 0 Å². The summed E-state index contributed by atoms with van der Waals surface area (Å²) in [6.07, 6.45) is 0.717. The van der Waals surface area contributed by atoms with Crippen molar-refractivity contribution in [3.8, 4) is 11.5 Å². The van der Waals surface area contributed by atoms with E-state index in [4.69, 9.17) is 35.9 Å². The largest absolute Gasteiger partial charge is 0.493 e. The van der Waals surface area contributed by atoms with Gasteiger partial charge in [-0.25, -0.2) is 9.48 Å². The number of halogens is 1. The zero-order chi connectivity index (χ0) is 28.8. The summed E-state index contributed by atoms with van der Waals surface area (Å²) in [6, 6.07) is 22.7. The number of hydrogen-bond donors (Lipinski definition) is 1. The van der Waals surface area contributed by atoms with Gasteiger partial charge in [-0.05, 0) is 48.2 Å². The summed E-state index contributed by atoms with van der Waals surface area (Å²) in [5, 5.41) is 9.30. The first-order valence-electron chi connectivity index (χ1n) is 13.3. The van der Waals surface area contributed by atoms with Crippen molar-refractivity contribution in [2.75, 3.05) is 19.0 Å². The third-order valence-corrected chi connectivity index (χ3v) is 7.80. The molecule has 0 aliphatic carbocycles. The molecule has 41 heavy (non-hydrogen) atoms. The molecule has 4 aromatic rings. The predicted octanol–water partition coefficient (Wildman–Crippen LogP) is 7.05. The van der Waals surface area contributed by atoms with Crippen LogP contribution in [0.15, 0.2) is 89.2 Å². The van der Waals surface area contributed by atoms with Gasteiger partial charge in [-0.3, -0.25) is 0 Å². The highest BCUT2D eigenvalue weighted by Gasteiger charge is 2.35. The number of carbonyl (C=O) groups excluding carboxylic acids is 1. The van der Waals surface area contributed by atoms with E-state index in [0.717, 1.165) is 23.1 Å². The van der Waals surface area contributed by atoms with Gasteiger partial charge in [0.05, 0.1) is 19.3 Å². The molecule has 5 rings (SSSR count). The van der Waals surface area contributed by atoms with E-state index in [1.54, 1.807) is 11.8 Å². The summed E-state index contributed by atoms with van der Waals surface area (Å²) in [7, 11) is 1.60. The van der Waals surface area contributed by atoms with Gasteiger partial charge in [-0.2, -0.15) is 4.98 Å². The van der Waals surface area contributed by atoms with Crippen LogP contribution in [0.3, 0.4) is 0 Å². The number of anilines is 1. The van der Waals surface area contributed by atoms with Crippen LogP contribution in [-0.4, -0.2) is 34.5 Å². The van der Waals surface area contributed by atoms with Gasteiger partial charge in [-0.1, -0.05) is 84.9 Å². The number of fused-ring (bicyclic) bond motifs is 1. The molecule has 3 aromatic carbocycles. The molecule has 1 atom stereocenters. The maximum absolute atomic E-state index is 13.3. The number of hydrogen-bond acceptors (Lipinski definition) is 8. The first kappa shape index (κ1) is 28.6. The molecule has 1 N–H and O–H groups in total. The maximum atomic E-state index is 13.3. The van der Waals surface area contributed by atoms with E-state index in [1.165, 1.54) is 11.8 Å². The van der Waals surface area contributed by atoms with Gasteiger partial charge in [0.25, 0.3) is 0 Å². The van der Waals surface area contributed by atoms with Crippen LogP contribution >= 0.6 is 23.4 Å². The minimum atomic E-state index is -0.588. The molecule has 0 spiro atoms. The fourth-order valence-corrected chi connectivity index (χ4v) is 5.62. The lowest BCUT2D eigenvalue weighted by molar-refractivity contribution is -0.139. The Morgan fingerprint density at radius 1 is 1.07 bits per heavy atom. The van der Waals surface area contributed by atoms with Gasteiger partial charge < -0.3 is 19.5 Å². The van der Waals surface area contributed by atoms with Gasteiger partial charge in [0.15, 0.2) is 11.5 Å². The molecular weight excluding hydrogens is 560 g/mol. The van der Waals surface area contributed by atoms with Crippen molar-refractivity contribution in [2.45, 2.75) is 43.8 Å². The molecule has 212 valence electrons. The average Bonchev–Trinajstić information content (AvgIpc) is 3.40. The summed E-state index contributed by atoms with van der Waals surface area (Å²) in [6.45, 7) is 4.53. The molecule has 10 heteroatoms. The Balaban J connectivity index is 1.48. The second kappa shape index (κ2) is 13.1. The number of benzene rings is 3. The third kappa shape index (κ3) is 6.52. The molecule has 1 aromatic heterocycles. The monoisotopic (exact) mass is 590 g/mol. The lowest BCUT2D eigenvalue weighted by atomic mass is 9.95. The molecule has 0 fully saturated rings. The summed E-state index contributed by atoms with van der Waals surface area (Å²) in [4.78, 5) is 18.1. The zero-order valence-electron chi connectivity index (χ0n) is 23.1. The first-order chi connectivity index (χ1) is 20.0. The average molecular weight is 591 g/mol. The van der Waals surface area contributed by atoms with E-state index in [2.05, 4.69) is 5.32 Å². The number of rotatable bonds is 11. The van der Waals surface area contributed by atoms with Crippen LogP contribution in [0.2, 0.25) is 5.02 Å². The van der Waals surface area contributed by atoms with Crippen molar-refractivity contribution in [3.63, 3.8) is 0 Å². The fourth-order valence-electron chi connectivity index (χ4n) is 4.50. The molecule has 1 unspecified atom stereocenters. The van der Waals surface area contributed by atoms with Gasteiger partial charge in [-0.15, -0.1) is 5.10 Å². The van der Waals surface area contributed by atoms with Crippen LogP contribution in [0.25, 0.3) is 0 Å². The normalized spacial score (nSPS) is 14.3. The number of methoxy groups -OCH3 is 1. The number of allylic oxidation sites excluding steroid dienone is 1. The first-order valence-corrected chi connectivity index (χ1v) is 14.7. The number of nitrogens with zero attached hydrogens (tertiary/aromatic N) is 3. The van der Waals surface area contributed by atoms with Crippen LogP contribution < -0.4 is 14.8 Å². The van der Waals surface area contributed by atoms with Crippen LogP contribution in [0.1, 0.15) is 43.0 Å². The Kier molecular flexibility index (Phi) is 9.16. The summed E-state index contributed by atoms with van der Waals surface area (Å²) < 4.78 is 19.1. The van der Waals surface area contributed by atoms with E-state index >= 15 is 0 Å². The highest BCUT2D eigenvalue weighted by atomic mass is 35.5. The molecule has 0 bridgehead atoms. The fraction of sp³-hybridized carbons (Fsp3) is 0.258. The zero-order valence-corrected chi connectivity index (χ0v) is 24.7. The van der Waals surface area contributed by atoms with Gasteiger partial charge >= 0.3 is 5.97 Å². The lowest BCUT2D eigenvalue weighted by Gasteiger charge is -2.28. The minimum Gasteiger partial charge on any atom is -0.493 e. The van der Waals surface area contributed by atoms with Crippen molar-refractivity contribution in [1.29, 1.82) is 0 Å². The SMILES string of the molecule is CCCOC(=O)C1=C(C)Nc2nc(SCc3ccccc3Cl)nn2C1c1ccc(OCc2ccccc2)c(OC)c1. The smallest absolute Gasteiger partial charge is 0.338 e. The van der Waals surface area contributed by atoms with Crippen LogP contribution in [0, 0.1) is 0 Å². The number of carbonyl (C=O) groups is 1. The standard InChI is InChI=1S/C31H31ClN4O4S/c1-4-16-39-29(37)27-20(2)33-30-34-31(41-19-23-12-8-9-13-24(23)32)35-36(30)28(27)22-14-15-25(26(17-22)38-3)40-18-21-10-6-5-7-11-21/h5-15,17,28H,4,16,18-19H2,1-3H3,(H,33,34,35). The molecule has 0 saturated heterocycles. The third-order valence-electron chi connectivity index (χ3n) is 6.55. The quantitative estimate of drug-likeness (QED) is 0.147. The maximum Gasteiger partial charge on any atom is 0.338 e. The topological polar surface area (TPSA) is 87.5 Å². The molecule has 0 saturated carbocycles. The van der Waals surface area contributed by atoms with Crippen molar-refractivity contribution >= 4 is 35.3 Å². The van der Waals surface area contributed by atoms with Crippen molar-refractivity contribution in [3.05, 3.63) is 106 Å². The molecular formula is C31H31ClN4O4S.